The summed E-state index contributed by atoms with van der Waals surface area (Å²) in [5, 5.41) is 3.12. The van der Waals surface area contributed by atoms with E-state index in [0.717, 1.165) is 24.4 Å². The monoisotopic (exact) mass is 277 g/mol. The van der Waals surface area contributed by atoms with Crippen molar-refractivity contribution in [2.75, 3.05) is 12.4 Å². The van der Waals surface area contributed by atoms with Crippen LogP contribution in [0.3, 0.4) is 0 Å². The fourth-order valence-corrected chi connectivity index (χ4v) is 2.06. The van der Waals surface area contributed by atoms with Gasteiger partial charge in [-0.1, -0.05) is 11.6 Å². The van der Waals surface area contributed by atoms with E-state index in [1.54, 1.807) is 6.07 Å². The van der Waals surface area contributed by atoms with Crippen LogP contribution in [0.25, 0.3) is 11.4 Å². The first kappa shape index (κ1) is 12.4. The van der Waals surface area contributed by atoms with Gasteiger partial charge in [-0.15, -0.1) is 0 Å². The summed E-state index contributed by atoms with van der Waals surface area (Å²) < 4.78 is 13.5. The molecule has 0 radical (unpaired) electrons. The Hall–Kier alpha value is -1.68. The number of rotatable bonds is 3. The van der Waals surface area contributed by atoms with Crippen LogP contribution >= 0.6 is 11.6 Å². The van der Waals surface area contributed by atoms with Crippen molar-refractivity contribution in [1.82, 2.24) is 9.97 Å². The van der Waals surface area contributed by atoms with Crippen molar-refractivity contribution in [1.29, 1.82) is 0 Å². The van der Waals surface area contributed by atoms with Crippen LogP contribution in [0.4, 0.5) is 10.2 Å². The zero-order valence-corrected chi connectivity index (χ0v) is 11.2. The average molecular weight is 278 g/mol. The number of hydrogen-bond donors (Lipinski definition) is 1. The Labute approximate surface area is 115 Å². The second kappa shape index (κ2) is 4.78. The zero-order chi connectivity index (χ0) is 13.4. The number of aromatic nitrogens is 2. The van der Waals surface area contributed by atoms with Crippen LogP contribution in [0.5, 0.6) is 0 Å². The lowest BCUT2D eigenvalue weighted by Gasteiger charge is -2.07. The van der Waals surface area contributed by atoms with Crippen molar-refractivity contribution in [2.24, 2.45) is 0 Å². The van der Waals surface area contributed by atoms with Crippen molar-refractivity contribution in [3.05, 3.63) is 40.8 Å². The van der Waals surface area contributed by atoms with Crippen LogP contribution in [0.1, 0.15) is 24.5 Å². The van der Waals surface area contributed by atoms with Gasteiger partial charge in [-0.25, -0.2) is 14.4 Å². The van der Waals surface area contributed by atoms with Gasteiger partial charge in [0.15, 0.2) is 5.82 Å². The van der Waals surface area contributed by atoms with Gasteiger partial charge in [0.1, 0.15) is 11.6 Å². The Kier molecular flexibility index (Phi) is 3.11. The summed E-state index contributed by atoms with van der Waals surface area (Å²) in [5.41, 5.74) is 1.66. The van der Waals surface area contributed by atoms with Crippen molar-refractivity contribution in [3.63, 3.8) is 0 Å². The number of halogens is 2. The van der Waals surface area contributed by atoms with Crippen molar-refractivity contribution in [3.8, 4) is 11.4 Å². The van der Waals surface area contributed by atoms with Gasteiger partial charge < -0.3 is 5.32 Å². The lowest BCUT2D eigenvalue weighted by Crippen LogP contribution is -2.00. The van der Waals surface area contributed by atoms with Gasteiger partial charge in [0.25, 0.3) is 0 Å². The number of anilines is 1. The number of nitrogens with one attached hydrogen (secondary N) is 1. The number of nitrogens with zero attached hydrogens (tertiary/aromatic N) is 2. The molecular weight excluding hydrogens is 265 g/mol. The largest absolute Gasteiger partial charge is 0.373 e. The molecule has 1 aromatic heterocycles. The van der Waals surface area contributed by atoms with Gasteiger partial charge in [-0.3, -0.25) is 0 Å². The molecule has 0 amide bonds. The van der Waals surface area contributed by atoms with Crippen molar-refractivity contribution < 1.29 is 4.39 Å². The molecular formula is C14H13ClFN3. The van der Waals surface area contributed by atoms with Gasteiger partial charge in [-0.2, -0.15) is 0 Å². The third-order valence-electron chi connectivity index (χ3n) is 3.18. The van der Waals surface area contributed by atoms with Gasteiger partial charge in [0.05, 0.1) is 5.02 Å². The number of benzene rings is 1. The normalized spacial score (nSPS) is 14.5. The minimum atomic E-state index is -0.453. The summed E-state index contributed by atoms with van der Waals surface area (Å²) in [7, 11) is 1.81. The molecule has 0 unspecified atom stereocenters. The highest BCUT2D eigenvalue weighted by atomic mass is 35.5. The van der Waals surface area contributed by atoms with E-state index in [9.17, 15) is 4.39 Å². The Morgan fingerprint density at radius 2 is 2.05 bits per heavy atom. The van der Waals surface area contributed by atoms with Crippen molar-refractivity contribution in [2.45, 2.75) is 18.8 Å². The fourth-order valence-electron chi connectivity index (χ4n) is 1.95. The maximum atomic E-state index is 13.5. The maximum absolute atomic E-state index is 13.5. The summed E-state index contributed by atoms with van der Waals surface area (Å²) in [5.74, 6) is 1.35. The van der Waals surface area contributed by atoms with E-state index < -0.39 is 5.82 Å². The molecule has 19 heavy (non-hydrogen) atoms. The second-order valence-corrected chi connectivity index (χ2v) is 5.06. The van der Waals surface area contributed by atoms with E-state index in [0.29, 0.717) is 17.3 Å². The predicted molar refractivity (Wildman–Crippen MR) is 74.0 cm³/mol. The Bertz CT molecular complexity index is 626. The SMILES string of the molecule is CNc1cc(C2CC2)nc(-c2ccc(Cl)c(F)c2)n1. The topological polar surface area (TPSA) is 37.8 Å². The van der Waals surface area contributed by atoms with Crippen LogP contribution in [0.15, 0.2) is 24.3 Å². The van der Waals surface area contributed by atoms with Gasteiger partial charge in [-0.05, 0) is 31.0 Å². The molecule has 0 spiro atoms. The quantitative estimate of drug-likeness (QED) is 0.926. The molecule has 3 nitrogen and oxygen atoms in total. The Morgan fingerprint density at radius 3 is 2.68 bits per heavy atom. The van der Waals surface area contributed by atoms with Gasteiger partial charge >= 0.3 is 0 Å². The summed E-state index contributed by atoms with van der Waals surface area (Å²) in [6, 6.07) is 6.58. The van der Waals surface area contributed by atoms with Crippen LogP contribution < -0.4 is 5.32 Å². The number of hydrogen-bond acceptors (Lipinski definition) is 3. The molecule has 3 rings (SSSR count). The molecule has 1 saturated carbocycles. The molecule has 1 fully saturated rings. The third kappa shape index (κ3) is 2.54. The third-order valence-corrected chi connectivity index (χ3v) is 3.48. The average Bonchev–Trinajstić information content (AvgIpc) is 3.26. The highest BCUT2D eigenvalue weighted by molar-refractivity contribution is 6.30. The van der Waals surface area contributed by atoms with E-state index in [-0.39, 0.29) is 5.02 Å². The molecule has 0 aliphatic heterocycles. The molecule has 2 aromatic rings. The van der Waals surface area contributed by atoms with E-state index in [1.165, 1.54) is 12.1 Å². The molecule has 98 valence electrons. The van der Waals surface area contributed by atoms with E-state index in [4.69, 9.17) is 11.6 Å². The Balaban J connectivity index is 2.07. The fraction of sp³-hybridized carbons (Fsp3) is 0.286. The highest BCUT2D eigenvalue weighted by Gasteiger charge is 2.26. The molecule has 0 saturated heterocycles. The molecule has 1 heterocycles. The lowest BCUT2D eigenvalue weighted by molar-refractivity contribution is 0.628. The minimum Gasteiger partial charge on any atom is -0.373 e. The molecule has 1 aliphatic carbocycles. The second-order valence-electron chi connectivity index (χ2n) is 4.65. The summed E-state index contributed by atoms with van der Waals surface area (Å²) in [6.07, 6.45) is 2.32. The first-order chi connectivity index (χ1) is 9.17. The minimum absolute atomic E-state index is 0.107. The molecule has 0 bridgehead atoms. The molecule has 1 N–H and O–H groups in total. The zero-order valence-electron chi connectivity index (χ0n) is 10.5. The lowest BCUT2D eigenvalue weighted by atomic mass is 10.2. The highest BCUT2D eigenvalue weighted by Crippen LogP contribution is 2.40. The molecule has 1 aliphatic rings. The molecule has 5 heteroatoms. The van der Waals surface area contributed by atoms with Gasteiger partial charge in [0.2, 0.25) is 0 Å². The van der Waals surface area contributed by atoms with Crippen molar-refractivity contribution >= 4 is 17.4 Å². The van der Waals surface area contributed by atoms with E-state index >= 15 is 0 Å². The Morgan fingerprint density at radius 1 is 1.26 bits per heavy atom. The van der Waals surface area contributed by atoms with Gasteiger partial charge in [0, 0.05) is 30.3 Å². The predicted octanol–water partition coefficient (Wildman–Crippen LogP) is 3.86. The summed E-state index contributed by atoms with van der Waals surface area (Å²) >= 11 is 5.69. The summed E-state index contributed by atoms with van der Waals surface area (Å²) in [6.45, 7) is 0. The van der Waals surface area contributed by atoms with Crippen LogP contribution in [0.2, 0.25) is 5.02 Å². The first-order valence-electron chi connectivity index (χ1n) is 6.19. The summed E-state index contributed by atoms with van der Waals surface area (Å²) in [4.78, 5) is 8.89. The van der Waals surface area contributed by atoms with Crippen LogP contribution in [-0.4, -0.2) is 17.0 Å². The van der Waals surface area contributed by atoms with Crippen LogP contribution in [-0.2, 0) is 0 Å². The van der Waals surface area contributed by atoms with Crippen LogP contribution in [0, 0.1) is 5.82 Å². The maximum Gasteiger partial charge on any atom is 0.161 e. The molecule has 1 aromatic carbocycles. The standard InChI is InChI=1S/C14H13ClFN3/c1-17-13-7-12(8-2-3-8)18-14(19-13)9-4-5-10(15)11(16)6-9/h4-8H,2-3H2,1H3,(H,17,18,19). The van der Waals surface area contributed by atoms with E-state index in [1.807, 2.05) is 13.1 Å². The smallest absolute Gasteiger partial charge is 0.161 e. The first-order valence-corrected chi connectivity index (χ1v) is 6.57. The van der Waals surface area contributed by atoms with E-state index in [2.05, 4.69) is 15.3 Å². The molecule has 0 atom stereocenters.